The minimum absolute atomic E-state index is 0.0439. The molecule has 0 radical (unpaired) electrons. The van der Waals surface area contributed by atoms with Crippen LogP contribution in [0.5, 0.6) is 0 Å². The third-order valence-electron chi connectivity index (χ3n) is 6.22. The van der Waals surface area contributed by atoms with E-state index in [4.69, 9.17) is 0 Å². The summed E-state index contributed by atoms with van der Waals surface area (Å²) < 4.78 is 0. The summed E-state index contributed by atoms with van der Waals surface area (Å²) in [5, 5.41) is 7.54. The highest BCUT2D eigenvalue weighted by molar-refractivity contribution is 5.78. The fourth-order valence-corrected chi connectivity index (χ4v) is 4.43. The summed E-state index contributed by atoms with van der Waals surface area (Å²) >= 11 is 0. The lowest BCUT2D eigenvalue weighted by molar-refractivity contribution is -0.135. The molecule has 0 unspecified atom stereocenters. The molecule has 6 heteroatoms. The van der Waals surface area contributed by atoms with Crippen molar-refractivity contribution in [1.29, 1.82) is 0 Å². The number of hydrogen-bond donors (Lipinski definition) is 1. The van der Waals surface area contributed by atoms with E-state index in [1.54, 1.807) is 0 Å². The van der Waals surface area contributed by atoms with E-state index in [-0.39, 0.29) is 11.9 Å². The summed E-state index contributed by atoms with van der Waals surface area (Å²) in [7, 11) is 4.07. The van der Waals surface area contributed by atoms with Crippen LogP contribution in [0, 0.1) is 6.92 Å². The molecule has 162 valence electrons. The number of nitrogens with zero attached hydrogens (tertiary/aromatic N) is 4. The summed E-state index contributed by atoms with van der Waals surface area (Å²) in [6, 6.07) is 10.5. The van der Waals surface area contributed by atoms with E-state index in [9.17, 15) is 4.79 Å². The second-order valence-corrected chi connectivity index (χ2v) is 8.55. The summed E-state index contributed by atoms with van der Waals surface area (Å²) in [6.45, 7) is 2.86. The molecule has 3 aromatic rings. The Morgan fingerprint density at radius 3 is 2.68 bits per heavy atom. The molecule has 1 amide bonds. The fourth-order valence-electron chi connectivity index (χ4n) is 4.43. The van der Waals surface area contributed by atoms with Crippen molar-refractivity contribution < 1.29 is 4.79 Å². The lowest BCUT2D eigenvalue weighted by Gasteiger charge is -2.36. The van der Waals surface area contributed by atoms with Crippen molar-refractivity contribution in [3.8, 4) is 11.1 Å². The number of amides is 1. The third-order valence-corrected chi connectivity index (χ3v) is 6.22. The Bertz CT molecular complexity index is 1020. The molecule has 0 bridgehead atoms. The third kappa shape index (κ3) is 4.63. The molecule has 1 fully saturated rings. The minimum Gasteiger partial charge on any atom is -0.378 e. The van der Waals surface area contributed by atoms with Gasteiger partial charge < -0.3 is 9.80 Å². The quantitative estimate of drug-likeness (QED) is 0.640. The first-order valence-corrected chi connectivity index (χ1v) is 11.0. The summed E-state index contributed by atoms with van der Waals surface area (Å²) in [6.07, 6.45) is 9.97. The average molecular weight is 418 g/mol. The number of aromatic amines is 1. The number of benzene rings is 1. The van der Waals surface area contributed by atoms with Crippen LogP contribution in [0.3, 0.4) is 0 Å². The van der Waals surface area contributed by atoms with Crippen molar-refractivity contribution in [3.63, 3.8) is 0 Å². The highest BCUT2D eigenvalue weighted by Gasteiger charge is 2.31. The van der Waals surface area contributed by atoms with Gasteiger partial charge in [-0.3, -0.25) is 14.9 Å². The van der Waals surface area contributed by atoms with Crippen molar-refractivity contribution in [2.24, 2.45) is 0 Å². The molecule has 3 heterocycles. The van der Waals surface area contributed by atoms with Gasteiger partial charge in [0.15, 0.2) is 0 Å². The van der Waals surface area contributed by atoms with E-state index >= 15 is 0 Å². The smallest absolute Gasteiger partial charge is 0.223 e. The van der Waals surface area contributed by atoms with E-state index in [1.807, 2.05) is 38.8 Å². The van der Waals surface area contributed by atoms with Gasteiger partial charge in [0.1, 0.15) is 0 Å². The number of carbonyl (C=O) groups is 1. The summed E-state index contributed by atoms with van der Waals surface area (Å²) in [5.74, 6) is 0.216. The Balaban J connectivity index is 1.50. The van der Waals surface area contributed by atoms with Gasteiger partial charge in [0.05, 0.1) is 17.9 Å². The number of piperidine rings is 1. The van der Waals surface area contributed by atoms with Gasteiger partial charge in [0.25, 0.3) is 0 Å². The number of carbonyl (C=O) groups excluding carboxylic acids is 1. The van der Waals surface area contributed by atoms with Crippen LogP contribution in [0.15, 0.2) is 48.9 Å². The Morgan fingerprint density at radius 1 is 1.13 bits per heavy atom. The molecule has 1 aliphatic rings. The number of nitrogens with one attached hydrogen (secondary N) is 1. The molecule has 0 spiro atoms. The summed E-state index contributed by atoms with van der Waals surface area (Å²) in [4.78, 5) is 21.6. The predicted molar refractivity (Wildman–Crippen MR) is 124 cm³/mol. The van der Waals surface area contributed by atoms with Gasteiger partial charge in [-0.05, 0) is 67.5 Å². The molecule has 0 saturated carbocycles. The van der Waals surface area contributed by atoms with Gasteiger partial charge in [-0.15, -0.1) is 0 Å². The molecular weight excluding hydrogens is 386 g/mol. The van der Waals surface area contributed by atoms with Crippen LogP contribution in [-0.2, 0) is 11.2 Å². The van der Waals surface area contributed by atoms with E-state index in [2.05, 4.69) is 56.2 Å². The number of rotatable bonds is 6. The first-order valence-electron chi connectivity index (χ1n) is 11.0. The van der Waals surface area contributed by atoms with Gasteiger partial charge in [0, 0.05) is 50.7 Å². The zero-order valence-electron chi connectivity index (χ0n) is 18.6. The molecule has 4 rings (SSSR count). The molecular formula is C25H31N5O. The number of likely N-dealkylation sites (tertiary alicyclic amines) is 1. The second kappa shape index (κ2) is 9.33. The maximum absolute atomic E-state index is 13.2. The van der Waals surface area contributed by atoms with Crippen LogP contribution in [0.4, 0.5) is 5.69 Å². The Morgan fingerprint density at radius 2 is 1.94 bits per heavy atom. The predicted octanol–water partition coefficient (Wildman–Crippen LogP) is 4.53. The standard InChI is InChI=1S/C25H31N5O/c1-18-16-26-14-13-21(18)22-17-27-28-25(22)23-6-4-5-15-30(23)24(31)12-9-19-7-10-20(11-8-19)29(2)3/h7-8,10-11,13-14,16-17,23H,4-6,9,12,15H2,1-3H3,(H,27,28)/t23-/m0/s1. The van der Waals surface area contributed by atoms with Gasteiger partial charge in [-0.2, -0.15) is 5.10 Å². The number of pyridine rings is 1. The number of H-pyrrole nitrogens is 1. The van der Waals surface area contributed by atoms with Crippen molar-refractivity contribution in [3.05, 3.63) is 65.7 Å². The Kier molecular flexibility index (Phi) is 6.35. The number of anilines is 1. The minimum atomic E-state index is 0.0439. The van der Waals surface area contributed by atoms with Crippen LogP contribution in [-0.4, -0.2) is 46.6 Å². The number of aromatic nitrogens is 3. The van der Waals surface area contributed by atoms with Crippen LogP contribution in [0.2, 0.25) is 0 Å². The van der Waals surface area contributed by atoms with E-state index in [0.29, 0.717) is 6.42 Å². The molecule has 1 saturated heterocycles. The van der Waals surface area contributed by atoms with Crippen LogP contribution < -0.4 is 4.90 Å². The molecule has 1 aliphatic heterocycles. The Labute approximate surface area is 184 Å². The van der Waals surface area contributed by atoms with E-state index in [1.165, 1.54) is 11.3 Å². The van der Waals surface area contributed by atoms with Crippen LogP contribution in [0.1, 0.15) is 48.5 Å². The molecule has 31 heavy (non-hydrogen) atoms. The van der Waals surface area contributed by atoms with Crippen LogP contribution in [0.25, 0.3) is 11.1 Å². The van der Waals surface area contributed by atoms with Gasteiger partial charge in [-0.1, -0.05) is 12.1 Å². The van der Waals surface area contributed by atoms with Crippen molar-refractivity contribution in [1.82, 2.24) is 20.1 Å². The SMILES string of the molecule is Cc1cnccc1-c1cn[nH]c1[C@@H]1CCCCN1C(=O)CCc1ccc(N(C)C)cc1. The first-order chi connectivity index (χ1) is 15.0. The zero-order chi connectivity index (χ0) is 21.8. The normalized spacial score (nSPS) is 16.4. The van der Waals surface area contributed by atoms with E-state index in [0.717, 1.165) is 54.6 Å². The largest absolute Gasteiger partial charge is 0.378 e. The Hall–Kier alpha value is -3.15. The van der Waals surface area contributed by atoms with E-state index < -0.39 is 0 Å². The average Bonchev–Trinajstić information content (AvgIpc) is 3.27. The van der Waals surface area contributed by atoms with Crippen molar-refractivity contribution in [2.75, 3.05) is 25.5 Å². The molecule has 0 aliphatic carbocycles. The van der Waals surface area contributed by atoms with Crippen molar-refractivity contribution in [2.45, 2.75) is 45.1 Å². The number of aryl methyl sites for hydroxylation is 2. The first kappa shape index (κ1) is 21.1. The van der Waals surface area contributed by atoms with Gasteiger partial charge in [-0.25, -0.2) is 0 Å². The lowest BCUT2D eigenvalue weighted by atomic mass is 9.93. The van der Waals surface area contributed by atoms with Crippen LogP contribution >= 0.6 is 0 Å². The highest BCUT2D eigenvalue weighted by atomic mass is 16.2. The maximum atomic E-state index is 13.2. The summed E-state index contributed by atoms with van der Waals surface area (Å²) in [5.41, 5.74) is 6.71. The maximum Gasteiger partial charge on any atom is 0.223 e. The zero-order valence-corrected chi connectivity index (χ0v) is 18.6. The van der Waals surface area contributed by atoms with Gasteiger partial charge in [0.2, 0.25) is 5.91 Å². The molecule has 1 N–H and O–H groups in total. The topological polar surface area (TPSA) is 65.1 Å². The lowest BCUT2D eigenvalue weighted by Crippen LogP contribution is -2.39. The fraction of sp³-hybridized carbons (Fsp3) is 0.400. The molecule has 6 nitrogen and oxygen atoms in total. The second-order valence-electron chi connectivity index (χ2n) is 8.55. The molecule has 2 aromatic heterocycles. The highest BCUT2D eigenvalue weighted by Crippen LogP contribution is 2.36. The van der Waals surface area contributed by atoms with Crippen molar-refractivity contribution >= 4 is 11.6 Å². The molecule has 1 aromatic carbocycles. The monoisotopic (exact) mass is 417 g/mol. The molecule has 1 atom stereocenters. The number of hydrogen-bond acceptors (Lipinski definition) is 4. The van der Waals surface area contributed by atoms with Gasteiger partial charge >= 0.3 is 0 Å².